The highest BCUT2D eigenvalue weighted by Gasteiger charge is 2.23. The Morgan fingerprint density at radius 3 is 1.78 bits per heavy atom. The summed E-state index contributed by atoms with van der Waals surface area (Å²) >= 11 is 0. The van der Waals surface area contributed by atoms with Crippen molar-refractivity contribution in [3.8, 4) is 11.1 Å². The van der Waals surface area contributed by atoms with Crippen molar-refractivity contribution in [3.05, 3.63) is 181 Å². The molecule has 4 heteroatoms. The molecule has 9 rings (SSSR count). The summed E-state index contributed by atoms with van der Waals surface area (Å²) in [7, 11) is 0. The molecule has 0 radical (unpaired) electrons. The minimum atomic E-state index is 0.366. The van der Waals surface area contributed by atoms with Gasteiger partial charge in [0.25, 0.3) is 0 Å². The van der Waals surface area contributed by atoms with Crippen LogP contribution in [0.25, 0.3) is 65.4 Å². The van der Waals surface area contributed by atoms with E-state index in [0.29, 0.717) is 11.4 Å². The molecule has 1 heterocycles. The minimum Gasteiger partial charge on any atom is -0.298 e. The lowest BCUT2D eigenvalue weighted by Crippen LogP contribution is -2.19. The van der Waals surface area contributed by atoms with Crippen molar-refractivity contribution in [2.45, 2.75) is 0 Å². The van der Waals surface area contributed by atoms with Crippen LogP contribution in [-0.4, -0.2) is 16.4 Å². The van der Waals surface area contributed by atoms with Gasteiger partial charge >= 0.3 is 0 Å². The van der Waals surface area contributed by atoms with Gasteiger partial charge < -0.3 is 0 Å². The molecule has 1 aliphatic carbocycles. The minimum absolute atomic E-state index is 0.366. The molecule has 2 N–H and O–H groups in total. The summed E-state index contributed by atoms with van der Waals surface area (Å²) < 4.78 is 0. The van der Waals surface area contributed by atoms with Gasteiger partial charge in [0.1, 0.15) is 5.71 Å². The van der Waals surface area contributed by atoms with Crippen molar-refractivity contribution in [1.82, 2.24) is 4.98 Å². The summed E-state index contributed by atoms with van der Waals surface area (Å²) in [5.74, 6) is 0. The molecule has 0 amide bonds. The second-order valence-electron chi connectivity index (χ2n) is 12.3. The maximum atomic E-state index is 9.62. The number of anilines is 1. The Labute approximate surface area is 283 Å². The largest absolute Gasteiger partial charge is 0.298 e. The molecule has 49 heavy (non-hydrogen) atoms. The Bertz CT molecular complexity index is 2700. The molecule has 7 aromatic carbocycles. The molecule has 4 nitrogen and oxygen atoms in total. The van der Waals surface area contributed by atoms with Gasteiger partial charge in [-0.3, -0.25) is 15.8 Å². The molecule has 0 fully saturated rings. The summed E-state index contributed by atoms with van der Waals surface area (Å²) in [6.45, 7) is 0. The average molecular weight is 627 g/mol. The number of hydrogen-bond acceptors (Lipinski definition) is 4. The molecule has 0 saturated carbocycles. The highest BCUT2D eigenvalue weighted by atomic mass is 15.3. The zero-order valence-electron chi connectivity index (χ0n) is 26.6. The molecule has 8 aromatic rings. The van der Waals surface area contributed by atoms with Crippen molar-refractivity contribution in [3.63, 3.8) is 0 Å². The van der Waals surface area contributed by atoms with E-state index in [1.807, 2.05) is 36.5 Å². The molecule has 0 spiro atoms. The van der Waals surface area contributed by atoms with Crippen molar-refractivity contribution in [2.24, 2.45) is 5.10 Å². The van der Waals surface area contributed by atoms with Gasteiger partial charge in [0.05, 0.1) is 11.4 Å². The summed E-state index contributed by atoms with van der Waals surface area (Å²) in [4.78, 5) is 4.29. The predicted molar refractivity (Wildman–Crippen MR) is 207 cm³/mol. The first-order chi connectivity index (χ1) is 24.2. The van der Waals surface area contributed by atoms with Gasteiger partial charge in [-0.05, 0) is 108 Å². The van der Waals surface area contributed by atoms with Crippen molar-refractivity contribution in [2.75, 3.05) is 5.43 Å². The molecular formula is C45H30N4. The van der Waals surface area contributed by atoms with E-state index in [1.165, 1.54) is 26.9 Å². The first kappa shape index (κ1) is 28.6. The van der Waals surface area contributed by atoms with Crippen molar-refractivity contribution < 1.29 is 0 Å². The van der Waals surface area contributed by atoms with Crippen LogP contribution in [0.5, 0.6) is 0 Å². The van der Waals surface area contributed by atoms with Gasteiger partial charge in [0, 0.05) is 23.5 Å². The standard InChI is InChI=1S/C45H30N4/c46-45-43(42-25-31-12-2-4-17-36(31)38-19-6-8-21-40(38)42)26-33(41-24-30-11-1-3-16-35(30)37-18-5-7-20-39(37)41)27-44(45)49-48-34-15-9-13-29(23-34)32-14-10-22-47-28-32/h1-28,46,48H/b46-45?,49-44-. The third-order valence-corrected chi connectivity index (χ3v) is 9.42. The molecule has 1 aliphatic rings. The van der Waals surface area contributed by atoms with Crippen LogP contribution >= 0.6 is 0 Å². The lowest BCUT2D eigenvalue weighted by Gasteiger charge is -2.21. The fraction of sp³-hybridized carbons (Fsp3) is 0. The Morgan fingerprint density at radius 1 is 0.510 bits per heavy atom. The molecule has 0 aliphatic heterocycles. The number of nitrogens with zero attached hydrogens (tertiary/aromatic N) is 2. The number of allylic oxidation sites excluding steroid dienone is 4. The van der Waals surface area contributed by atoms with Crippen LogP contribution in [0.1, 0.15) is 11.1 Å². The molecule has 230 valence electrons. The van der Waals surface area contributed by atoms with Crippen LogP contribution < -0.4 is 5.43 Å². The molecule has 0 unspecified atom stereocenters. The average Bonchev–Trinajstić information content (AvgIpc) is 3.17. The topological polar surface area (TPSA) is 61.1 Å². The van der Waals surface area contributed by atoms with Crippen LogP contribution in [0.3, 0.4) is 0 Å². The fourth-order valence-corrected chi connectivity index (χ4v) is 7.08. The van der Waals surface area contributed by atoms with Gasteiger partial charge in [0.15, 0.2) is 0 Å². The van der Waals surface area contributed by atoms with Gasteiger partial charge in [-0.15, -0.1) is 0 Å². The third-order valence-electron chi connectivity index (χ3n) is 9.42. The first-order valence-corrected chi connectivity index (χ1v) is 16.4. The van der Waals surface area contributed by atoms with Gasteiger partial charge in [0.2, 0.25) is 0 Å². The zero-order chi connectivity index (χ0) is 32.7. The van der Waals surface area contributed by atoms with E-state index < -0.39 is 0 Å². The maximum absolute atomic E-state index is 9.62. The highest BCUT2D eigenvalue weighted by molar-refractivity contribution is 6.63. The van der Waals surface area contributed by atoms with E-state index in [0.717, 1.165) is 55.2 Å². The first-order valence-electron chi connectivity index (χ1n) is 16.4. The fourth-order valence-electron chi connectivity index (χ4n) is 7.08. The quantitative estimate of drug-likeness (QED) is 0.113. The van der Waals surface area contributed by atoms with Crippen LogP contribution in [0.4, 0.5) is 5.69 Å². The number of benzene rings is 7. The normalized spacial score (nSPS) is 14.0. The van der Waals surface area contributed by atoms with E-state index in [9.17, 15) is 5.41 Å². The summed E-state index contributed by atoms with van der Waals surface area (Å²) in [6.07, 6.45) is 7.86. The van der Waals surface area contributed by atoms with Crippen molar-refractivity contribution in [1.29, 1.82) is 5.41 Å². The van der Waals surface area contributed by atoms with E-state index in [-0.39, 0.29) is 0 Å². The molecular weight excluding hydrogens is 597 g/mol. The summed E-state index contributed by atoms with van der Waals surface area (Å²) in [5.41, 5.74) is 11.1. The van der Waals surface area contributed by atoms with Crippen LogP contribution in [-0.2, 0) is 0 Å². The Hall–Kier alpha value is -6.65. The molecule has 0 bridgehead atoms. The summed E-state index contributed by atoms with van der Waals surface area (Å²) in [6, 6.07) is 50.7. The smallest absolute Gasteiger partial charge is 0.109 e. The second-order valence-corrected chi connectivity index (χ2v) is 12.3. The maximum Gasteiger partial charge on any atom is 0.109 e. The van der Waals surface area contributed by atoms with Gasteiger partial charge in [-0.2, -0.15) is 5.10 Å². The number of aromatic nitrogens is 1. The molecule has 0 saturated heterocycles. The van der Waals surface area contributed by atoms with E-state index in [1.54, 1.807) is 6.20 Å². The monoisotopic (exact) mass is 626 g/mol. The SMILES string of the molecule is N=C1C(c2cc3ccccc3c3ccccc23)=CC(c2cc3ccccc3c3ccccc23)=C/C1=N/Nc1cccc(-c2cccnc2)c1. The Morgan fingerprint density at radius 2 is 1.10 bits per heavy atom. The van der Waals surface area contributed by atoms with Crippen LogP contribution in [0.2, 0.25) is 0 Å². The third kappa shape index (κ3) is 5.07. The van der Waals surface area contributed by atoms with Crippen LogP contribution in [0.15, 0.2) is 175 Å². The van der Waals surface area contributed by atoms with Gasteiger partial charge in [-0.25, -0.2) is 0 Å². The van der Waals surface area contributed by atoms with E-state index >= 15 is 0 Å². The number of hydrogen-bond donors (Lipinski definition) is 2. The lowest BCUT2D eigenvalue weighted by atomic mass is 9.83. The number of pyridine rings is 1. The Balaban J connectivity index is 1.25. The Kier molecular flexibility index (Phi) is 6.91. The van der Waals surface area contributed by atoms with E-state index in [2.05, 4.69) is 138 Å². The van der Waals surface area contributed by atoms with Crippen LogP contribution in [0, 0.1) is 5.41 Å². The van der Waals surface area contributed by atoms with E-state index in [4.69, 9.17) is 5.10 Å². The predicted octanol–water partition coefficient (Wildman–Crippen LogP) is 11.3. The molecule has 0 atom stereocenters. The number of nitrogens with one attached hydrogen (secondary N) is 2. The highest BCUT2D eigenvalue weighted by Crippen LogP contribution is 2.39. The summed E-state index contributed by atoms with van der Waals surface area (Å²) in [5, 5.41) is 23.9. The number of fused-ring (bicyclic) bond motifs is 6. The molecule has 1 aromatic heterocycles. The number of hydrazone groups is 1. The number of rotatable bonds is 5. The van der Waals surface area contributed by atoms with Gasteiger partial charge in [-0.1, -0.05) is 115 Å². The second kappa shape index (κ2) is 11.9. The van der Waals surface area contributed by atoms with Crippen molar-refractivity contribution >= 4 is 71.3 Å². The lowest BCUT2D eigenvalue weighted by molar-refractivity contribution is 1.32. The zero-order valence-corrected chi connectivity index (χ0v) is 26.6.